The number of hydrogen-bond acceptors (Lipinski definition) is 1. The number of imidazole rings is 1. The number of rotatable bonds is 2. The molecule has 0 fully saturated rings. The van der Waals surface area contributed by atoms with Crippen LogP contribution in [0.1, 0.15) is 29.3 Å². The van der Waals surface area contributed by atoms with Gasteiger partial charge in [-0.25, -0.2) is 4.98 Å². The van der Waals surface area contributed by atoms with Crippen molar-refractivity contribution in [3.8, 4) is 5.69 Å². The lowest BCUT2D eigenvalue weighted by Crippen LogP contribution is -2.03. The van der Waals surface area contributed by atoms with Gasteiger partial charge in [-0.05, 0) is 66.0 Å². The Balaban J connectivity index is 2.41. The molecule has 0 saturated carbocycles. The van der Waals surface area contributed by atoms with Crippen molar-refractivity contribution in [3.05, 3.63) is 57.8 Å². The van der Waals surface area contributed by atoms with Crippen LogP contribution in [-0.4, -0.2) is 9.55 Å². The first-order valence-corrected chi connectivity index (χ1v) is 8.10. The number of halogens is 2. The molecule has 1 atom stereocenters. The van der Waals surface area contributed by atoms with Crippen molar-refractivity contribution in [2.75, 3.05) is 0 Å². The lowest BCUT2D eigenvalue weighted by atomic mass is 10.2. The Kier molecular flexibility index (Phi) is 3.80. The molecule has 0 saturated heterocycles. The third-order valence-corrected chi connectivity index (χ3v) is 4.83. The Hall–Kier alpha value is -1.32. The number of alkyl halides is 1. The molecule has 0 bridgehead atoms. The molecule has 0 aliphatic carbocycles. The fourth-order valence-electron chi connectivity index (χ4n) is 2.53. The minimum Gasteiger partial charge on any atom is -0.294 e. The van der Waals surface area contributed by atoms with Crippen LogP contribution >= 0.6 is 27.5 Å². The summed E-state index contributed by atoms with van der Waals surface area (Å²) in [5.74, 6) is 0.864. The highest BCUT2D eigenvalue weighted by Crippen LogP contribution is 2.33. The summed E-state index contributed by atoms with van der Waals surface area (Å²) in [6.45, 7) is 6.13. The summed E-state index contributed by atoms with van der Waals surface area (Å²) in [5, 5.41) is -0.162. The zero-order chi connectivity index (χ0) is 15.1. The van der Waals surface area contributed by atoms with Gasteiger partial charge in [0, 0.05) is 4.47 Å². The van der Waals surface area contributed by atoms with Gasteiger partial charge in [-0.1, -0.05) is 18.2 Å². The number of hydrogen-bond donors (Lipinski definition) is 0. The van der Waals surface area contributed by atoms with Crippen LogP contribution in [0.15, 0.2) is 40.9 Å². The third kappa shape index (κ3) is 2.49. The second-order valence-corrected chi connectivity index (χ2v) is 6.77. The summed E-state index contributed by atoms with van der Waals surface area (Å²) in [6.07, 6.45) is 0. The van der Waals surface area contributed by atoms with Crippen LogP contribution in [0.25, 0.3) is 16.7 Å². The molecule has 4 heteroatoms. The molecule has 2 nitrogen and oxygen atoms in total. The van der Waals surface area contributed by atoms with E-state index in [4.69, 9.17) is 16.6 Å². The molecule has 0 amide bonds. The predicted molar refractivity (Wildman–Crippen MR) is 92.5 cm³/mol. The molecule has 0 spiro atoms. The van der Waals surface area contributed by atoms with Crippen molar-refractivity contribution < 1.29 is 0 Å². The summed E-state index contributed by atoms with van der Waals surface area (Å²) in [4.78, 5) is 4.71. The third-order valence-electron chi connectivity index (χ3n) is 3.60. The van der Waals surface area contributed by atoms with Crippen LogP contribution < -0.4 is 0 Å². The zero-order valence-electron chi connectivity index (χ0n) is 12.2. The van der Waals surface area contributed by atoms with Crippen LogP contribution in [0.3, 0.4) is 0 Å². The Bertz CT molecular complexity index is 821. The highest BCUT2D eigenvalue weighted by molar-refractivity contribution is 9.10. The Labute approximate surface area is 137 Å². The van der Waals surface area contributed by atoms with Gasteiger partial charge in [-0.3, -0.25) is 4.57 Å². The van der Waals surface area contributed by atoms with Crippen molar-refractivity contribution in [2.45, 2.75) is 26.1 Å². The van der Waals surface area contributed by atoms with Crippen molar-refractivity contribution in [1.82, 2.24) is 9.55 Å². The predicted octanol–water partition coefficient (Wildman–Crippen LogP) is 5.70. The zero-order valence-corrected chi connectivity index (χ0v) is 14.5. The number of nitrogens with zero attached hydrogens (tertiary/aromatic N) is 2. The van der Waals surface area contributed by atoms with Crippen molar-refractivity contribution in [3.63, 3.8) is 0 Å². The van der Waals surface area contributed by atoms with E-state index in [0.717, 1.165) is 27.0 Å². The van der Waals surface area contributed by atoms with E-state index in [1.54, 1.807) is 0 Å². The summed E-state index contributed by atoms with van der Waals surface area (Å²) >= 11 is 10.1. The van der Waals surface area contributed by atoms with Crippen LogP contribution in [0, 0.1) is 13.8 Å². The second kappa shape index (κ2) is 5.47. The molecule has 0 aliphatic rings. The maximum absolute atomic E-state index is 6.36. The van der Waals surface area contributed by atoms with Gasteiger partial charge in [0.25, 0.3) is 0 Å². The molecule has 1 unspecified atom stereocenters. The molecule has 1 heterocycles. The average Bonchev–Trinajstić information content (AvgIpc) is 2.80. The van der Waals surface area contributed by atoms with Gasteiger partial charge in [-0.2, -0.15) is 0 Å². The fourth-order valence-corrected chi connectivity index (χ4v) is 3.12. The van der Waals surface area contributed by atoms with Gasteiger partial charge in [0.15, 0.2) is 0 Å². The van der Waals surface area contributed by atoms with Gasteiger partial charge in [-0.15, -0.1) is 11.6 Å². The standard InChI is InChI=1S/C17H16BrClN2/c1-10-7-8-13-15(9-10)21(17(20-13)12(3)19)14-6-4-5-11(2)16(14)18/h4-9,12H,1-3H3. The maximum atomic E-state index is 6.36. The first-order valence-electron chi connectivity index (χ1n) is 6.87. The monoisotopic (exact) mass is 362 g/mol. The van der Waals surface area contributed by atoms with Gasteiger partial charge < -0.3 is 0 Å². The molecule has 21 heavy (non-hydrogen) atoms. The second-order valence-electron chi connectivity index (χ2n) is 5.32. The van der Waals surface area contributed by atoms with E-state index in [-0.39, 0.29) is 5.38 Å². The summed E-state index contributed by atoms with van der Waals surface area (Å²) in [5.41, 5.74) is 5.53. The highest BCUT2D eigenvalue weighted by Gasteiger charge is 2.18. The van der Waals surface area contributed by atoms with E-state index in [2.05, 4.69) is 64.7 Å². The minimum atomic E-state index is -0.162. The van der Waals surface area contributed by atoms with Crippen LogP contribution in [0.5, 0.6) is 0 Å². The Morgan fingerprint density at radius 1 is 1.19 bits per heavy atom. The fraction of sp³-hybridized carbons (Fsp3) is 0.235. The molecular formula is C17H16BrClN2. The van der Waals surface area contributed by atoms with Gasteiger partial charge in [0.2, 0.25) is 0 Å². The molecule has 1 aromatic heterocycles. The SMILES string of the molecule is Cc1ccc2nc(C(C)Cl)n(-c3cccc(C)c3Br)c2c1. The minimum absolute atomic E-state index is 0.162. The lowest BCUT2D eigenvalue weighted by molar-refractivity contribution is 0.879. The quantitative estimate of drug-likeness (QED) is 0.534. The largest absolute Gasteiger partial charge is 0.294 e. The molecular weight excluding hydrogens is 348 g/mol. The molecule has 108 valence electrons. The maximum Gasteiger partial charge on any atom is 0.132 e. The van der Waals surface area contributed by atoms with E-state index < -0.39 is 0 Å². The normalized spacial score (nSPS) is 12.8. The van der Waals surface area contributed by atoms with Gasteiger partial charge in [0.1, 0.15) is 5.82 Å². The van der Waals surface area contributed by atoms with E-state index in [0.29, 0.717) is 0 Å². The van der Waals surface area contributed by atoms with E-state index in [1.807, 2.05) is 13.0 Å². The van der Waals surface area contributed by atoms with Crippen molar-refractivity contribution in [2.24, 2.45) is 0 Å². The molecule has 0 radical (unpaired) electrons. The molecule has 0 N–H and O–H groups in total. The lowest BCUT2D eigenvalue weighted by Gasteiger charge is -2.14. The number of fused-ring (bicyclic) bond motifs is 1. The topological polar surface area (TPSA) is 17.8 Å². The number of benzene rings is 2. The van der Waals surface area contributed by atoms with E-state index in [1.165, 1.54) is 11.1 Å². The van der Waals surface area contributed by atoms with Crippen LogP contribution in [0.2, 0.25) is 0 Å². The Morgan fingerprint density at radius 3 is 2.67 bits per heavy atom. The molecule has 3 rings (SSSR count). The summed E-state index contributed by atoms with van der Waals surface area (Å²) in [7, 11) is 0. The first kappa shape index (κ1) is 14.6. The number of aryl methyl sites for hydroxylation is 2. The molecule has 3 aromatic rings. The molecule has 0 aliphatic heterocycles. The smallest absolute Gasteiger partial charge is 0.132 e. The van der Waals surface area contributed by atoms with Crippen LogP contribution in [0.4, 0.5) is 0 Å². The van der Waals surface area contributed by atoms with Gasteiger partial charge in [0.05, 0.1) is 22.1 Å². The first-order chi connectivity index (χ1) is 9.99. The van der Waals surface area contributed by atoms with Crippen molar-refractivity contribution in [1.29, 1.82) is 0 Å². The van der Waals surface area contributed by atoms with E-state index in [9.17, 15) is 0 Å². The summed E-state index contributed by atoms with van der Waals surface area (Å²) < 4.78 is 3.22. The number of aromatic nitrogens is 2. The average molecular weight is 364 g/mol. The molecule has 2 aromatic carbocycles. The van der Waals surface area contributed by atoms with E-state index >= 15 is 0 Å². The van der Waals surface area contributed by atoms with Crippen LogP contribution in [-0.2, 0) is 0 Å². The Morgan fingerprint density at radius 2 is 1.95 bits per heavy atom. The van der Waals surface area contributed by atoms with Crippen molar-refractivity contribution >= 4 is 38.6 Å². The highest BCUT2D eigenvalue weighted by atomic mass is 79.9. The summed E-state index contributed by atoms with van der Waals surface area (Å²) in [6, 6.07) is 12.5. The van der Waals surface area contributed by atoms with Gasteiger partial charge >= 0.3 is 0 Å².